The largest absolute Gasteiger partial charge is 0.480 e. The van der Waals surface area contributed by atoms with Crippen molar-refractivity contribution in [2.75, 3.05) is 0 Å². The van der Waals surface area contributed by atoms with Gasteiger partial charge in [0.05, 0.1) is 10.1 Å². The van der Waals surface area contributed by atoms with E-state index in [1.54, 1.807) is 27.7 Å². The van der Waals surface area contributed by atoms with Crippen molar-refractivity contribution in [2.45, 2.75) is 43.9 Å². The molecule has 1 aromatic carbocycles. The monoisotopic (exact) mass is 327 g/mol. The predicted octanol–water partition coefficient (Wildman–Crippen LogP) is 1.71. The van der Waals surface area contributed by atoms with Crippen molar-refractivity contribution in [2.24, 2.45) is 5.92 Å². The highest BCUT2D eigenvalue weighted by Crippen LogP contribution is 2.16. The molecular formula is C15H21NO5S. The molecule has 0 radical (unpaired) electrons. The zero-order valence-corrected chi connectivity index (χ0v) is 13.8. The van der Waals surface area contributed by atoms with Crippen molar-refractivity contribution >= 4 is 21.7 Å². The molecule has 2 N–H and O–H groups in total. The van der Waals surface area contributed by atoms with Gasteiger partial charge in [-0.05, 0) is 44.0 Å². The van der Waals surface area contributed by atoms with E-state index >= 15 is 0 Å². The maximum atomic E-state index is 12.0. The smallest absolute Gasteiger partial charge is 0.326 e. The van der Waals surface area contributed by atoms with Crippen molar-refractivity contribution < 1.29 is 23.1 Å². The Kier molecular flexibility index (Phi) is 5.71. The van der Waals surface area contributed by atoms with E-state index in [1.165, 1.54) is 24.3 Å². The number of sulfone groups is 1. The number of carbonyl (C=O) groups is 2. The molecule has 7 heteroatoms. The Morgan fingerprint density at radius 3 is 1.91 bits per heavy atom. The molecular weight excluding hydrogens is 306 g/mol. The standard InChI is InChI=1S/C15H21NO5S/c1-9(2)13(15(18)19)16-14(17)11-5-7-12(8-6-11)22(20,21)10(3)4/h5-10,13H,1-4H3,(H,16,17)(H,18,19)/t13-/m0/s1. The van der Waals surface area contributed by atoms with E-state index < -0.39 is 33.0 Å². The molecule has 0 spiro atoms. The van der Waals surface area contributed by atoms with Crippen LogP contribution >= 0.6 is 0 Å². The highest BCUT2D eigenvalue weighted by molar-refractivity contribution is 7.92. The quantitative estimate of drug-likeness (QED) is 0.828. The van der Waals surface area contributed by atoms with Gasteiger partial charge in [-0.1, -0.05) is 13.8 Å². The Bertz CT molecular complexity index is 647. The van der Waals surface area contributed by atoms with Gasteiger partial charge in [0.25, 0.3) is 5.91 Å². The fourth-order valence-corrected chi connectivity index (χ4v) is 2.87. The Balaban J connectivity index is 2.96. The number of hydrogen-bond donors (Lipinski definition) is 2. The summed E-state index contributed by atoms with van der Waals surface area (Å²) < 4.78 is 24.0. The lowest BCUT2D eigenvalue weighted by Gasteiger charge is -2.18. The van der Waals surface area contributed by atoms with Gasteiger partial charge in [-0.2, -0.15) is 0 Å². The molecule has 0 aromatic heterocycles. The van der Waals surface area contributed by atoms with Gasteiger partial charge in [-0.3, -0.25) is 4.79 Å². The Morgan fingerprint density at radius 1 is 1.05 bits per heavy atom. The number of carbonyl (C=O) groups excluding carboxylic acids is 1. The highest BCUT2D eigenvalue weighted by Gasteiger charge is 2.24. The molecule has 1 rings (SSSR count). The van der Waals surface area contributed by atoms with E-state index in [1.807, 2.05) is 0 Å². The van der Waals surface area contributed by atoms with E-state index in [4.69, 9.17) is 5.11 Å². The summed E-state index contributed by atoms with van der Waals surface area (Å²) in [4.78, 5) is 23.2. The molecule has 22 heavy (non-hydrogen) atoms. The molecule has 6 nitrogen and oxygen atoms in total. The fourth-order valence-electron chi connectivity index (χ4n) is 1.81. The summed E-state index contributed by atoms with van der Waals surface area (Å²) in [5.41, 5.74) is 0.217. The third kappa shape index (κ3) is 4.07. The van der Waals surface area contributed by atoms with Gasteiger partial charge in [0.15, 0.2) is 9.84 Å². The molecule has 1 atom stereocenters. The summed E-state index contributed by atoms with van der Waals surface area (Å²) in [6.45, 7) is 6.54. The summed E-state index contributed by atoms with van der Waals surface area (Å²) in [6, 6.07) is 4.48. The second-order valence-corrected chi connectivity index (χ2v) is 8.16. The van der Waals surface area contributed by atoms with Gasteiger partial charge in [-0.15, -0.1) is 0 Å². The third-order valence-electron chi connectivity index (χ3n) is 3.28. The van der Waals surface area contributed by atoms with Crippen LogP contribution in [0.1, 0.15) is 38.1 Å². The summed E-state index contributed by atoms with van der Waals surface area (Å²) in [6.07, 6.45) is 0. The van der Waals surface area contributed by atoms with Crippen LogP contribution in [0.3, 0.4) is 0 Å². The minimum Gasteiger partial charge on any atom is -0.480 e. The van der Waals surface area contributed by atoms with Gasteiger partial charge in [0.1, 0.15) is 6.04 Å². The van der Waals surface area contributed by atoms with Crippen molar-refractivity contribution in [1.29, 1.82) is 0 Å². The third-order valence-corrected chi connectivity index (χ3v) is 5.46. The average molecular weight is 327 g/mol. The van der Waals surface area contributed by atoms with Gasteiger partial charge in [0.2, 0.25) is 0 Å². The van der Waals surface area contributed by atoms with E-state index in [9.17, 15) is 18.0 Å². The number of carboxylic acids is 1. The fraction of sp³-hybridized carbons (Fsp3) is 0.467. The van der Waals surface area contributed by atoms with Gasteiger partial charge >= 0.3 is 5.97 Å². The van der Waals surface area contributed by atoms with Crippen LogP contribution in [0.2, 0.25) is 0 Å². The Labute approximate surface area is 130 Å². The lowest BCUT2D eigenvalue weighted by molar-refractivity contribution is -0.140. The maximum Gasteiger partial charge on any atom is 0.326 e. The first-order valence-corrected chi connectivity index (χ1v) is 8.49. The second kappa shape index (κ2) is 6.91. The molecule has 1 amide bonds. The average Bonchev–Trinajstić information content (AvgIpc) is 2.43. The first-order valence-electron chi connectivity index (χ1n) is 6.95. The van der Waals surface area contributed by atoms with Crippen LogP contribution in [0.5, 0.6) is 0 Å². The summed E-state index contributed by atoms with van der Waals surface area (Å²) >= 11 is 0. The van der Waals surface area contributed by atoms with Crippen molar-refractivity contribution in [3.05, 3.63) is 29.8 Å². The zero-order valence-electron chi connectivity index (χ0n) is 13.0. The van der Waals surface area contributed by atoms with Crippen LogP contribution in [-0.4, -0.2) is 36.7 Å². The molecule has 0 bridgehead atoms. The molecule has 1 aromatic rings. The van der Waals surface area contributed by atoms with E-state index in [0.29, 0.717) is 0 Å². The van der Waals surface area contributed by atoms with E-state index in [0.717, 1.165) is 0 Å². The number of nitrogens with one attached hydrogen (secondary N) is 1. The highest BCUT2D eigenvalue weighted by atomic mass is 32.2. The lowest BCUT2D eigenvalue weighted by atomic mass is 10.0. The zero-order chi connectivity index (χ0) is 17.1. The number of aliphatic carboxylic acids is 1. The van der Waals surface area contributed by atoms with E-state index in [-0.39, 0.29) is 16.4 Å². The molecule has 0 fully saturated rings. The minimum absolute atomic E-state index is 0.137. The first kappa shape index (κ1) is 18.2. The number of benzene rings is 1. The van der Waals surface area contributed by atoms with Gasteiger partial charge in [-0.25, -0.2) is 13.2 Å². The van der Waals surface area contributed by atoms with Gasteiger partial charge < -0.3 is 10.4 Å². The lowest BCUT2D eigenvalue weighted by Crippen LogP contribution is -2.44. The molecule has 0 aliphatic carbocycles. The molecule has 0 aliphatic heterocycles. The second-order valence-electron chi connectivity index (χ2n) is 5.65. The van der Waals surface area contributed by atoms with Crippen molar-refractivity contribution in [1.82, 2.24) is 5.32 Å². The number of carboxylic acid groups (broad SMARTS) is 1. The normalized spacial score (nSPS) is 13.2. The number of hydrogen-bond acceptors (Lipinski definition) is 4. The number of amides is 1. The SMILES string of the molecule is CC(C)[C@H](NC(=O)c1ccc(S(=O)(=O)C(C)C)cc1)C(=O)O. The van der Waals surface area contributed by atoms with Crippen LogP contribution in [0.25, 0.3) is 0 Å². The first-order chi connectivity index (χ1) is 10.1. The Morgan fingerprint density at radius 2 is 1.55 bits per heavy atom. The summed E-state index contributed by atoms with van der Waals surface area (Å²) in [5, 5.41) is 10.9. The Hall–Kier alpha value is -1.89. The summed E-state index contributed by atoms with van der Waals surface area (Å²) in [5.74, 6) is -1.92. The molecule has 122 valence electrons. The van der Waals surface area contributed by atoms with Crippen LogP contribution < -0.4 is 5.32 Å². The molecule has 0 heterocycles. The van der Waals surface area contributed by atoms with Gasteiger partial charge in [0, 0.05) is 5.56 Å². The minimum atomic E-state index is -3.40. The summed E-state index contributed by atoms with van der Waals surface area (Å²) in [7, 11) is -3.40. The van der Waals surface area contributed by atoms with Crippen LogP contribution in [0.15, 0.2) is 29.2 Å². The molecule has 0 saturated carbocycles. The molecule has 0 aliphatic rings. The van der Waals surface area contributed by atoms with Crippen molar-refractivity contribution in [3.63, 3.8) is 0 Å². The van der Waals surface area contributed by atoms with Crippen LogP contribution in [-0.2, 0) is 14.6 Å². The topological polar surface area (TPSA) is 101 Å². The van der Waals surface area contributed by atoms with Crippen LogP contribution in [0, 0.1) is 5.92 Å². The number of rotatable bonds is 6. The molecule has 0 saturated heterocycles. The molecule has 0 unspecified atom stereocenters. The van der Waals surface area contributed by atoms with Crippen molar-refractivity contribution in [3.8, 4) is 0 Å². The van der Waals surface area contributed by atoms with Crippen LogP contribution in [0.4, 0.5) is 0 Å². The van der Waals surface area contributed by atoms with E-state index in [2.05, 4.69) is 5.32 Å². The maximum absolute atomic E-state index is 12.0. The predicted molar refractivity (Wildman–Crippen MR) is 82.5 cm³/mol.